The van der Waals surface area contributed by atoms with E-state index in [4.69, 9.17) is 5.73 Å². The van der Waals surface area contributed by atoms with Gasteiger partial charge < -0.3 is 11.1 Å². The minimum atomic E-state index is -0.202. The second-order valence-corrected chi connectivity index (χ2v) is 4.43. The van der Waals surface area contributed by atoms with Gasteiger partial charge in [0.05, 0.1) is 0 Å². The van der Waals surface area contributed by atoms with Gasteiger partial charge in [0, 0.05) is 17.7 Å². The normalized spacial score (nSPS) is 30.1. The Morgan fingerprint density at radius 3 is 2.92 bits per heavy atom. The lowest BCUT2D eigenvalue weighted by Crippen LogP contribution is -2.50. The van der Waals surface area contributed by atoms with Crippen molar-refractivity contribution < 1.29 is 4.79 Å². The van der Waals surface area contributed by atoms with Crippen LogP contribution in [0.15, 0.2) is 0 Å². The first-order chi connectivity index (χ1) is 5.68. The molecule has 1 atom stereocenters. The number of hydrogen-bond donors (Lipinski definition) is 2. The molecule has 0 aromatic carbocycles. The standard InChI is InChI=1S/C8H16N2OS/c1-10-8(5-7(9)11)3-2-4-12-6-8/h10H,2-6H2,1H3,(H2,9,11). The number of amides is 1. The van der Waals surface area contributed by atoms with E-state index in [0.717, 1.165) is 12.2 Å². The summed E-state index contributed by atoms with van der Waals surface area (Å²) in [5.41, 5.74) is 5.18. The quantitative estimate of drug-likeness (QED) is 0.672. The molecule has 1 aliphatic heterocycles. The van der Waals surface area contributed by atoms with E-state index in [0.29, 0.717) is 6.42 Å². The van der Waals surface area contributed by atoms with Gasteiger partial charge in [0.15, 0.2) is 0 Å². The van der Waals surface area contributed by atoms with Crippen LogP contribution < -0.4 is 11.1 Å². The molecule has 0 spiro atoms. The Kier molecular flexibility index (Phi) is 3.40. The minimum absolute atomic E-state index is 0.0191. The lowest BCUT2D eigenvalue weighted by molar-refractivity contribution is -0.119. The maximum absolute atomic E-state index is 10.8. The zero-order valence-electron chi connectivity index (χ0n) is 7.43. The van der Waals surface area contributed by atoms with E-state index in [9.17, 15) is 4.79 Å². The van der Waals surface area contributed by atoms with Crippen LogP contribution in [0.5, 0.6) is 0 Å². The Balaban J connectivity index is 2.53. The highest BCUT2D eigenvalue weighted by Crippen LogP contribution is 2.28. The van der Waals surface area contributed by atoms with Gasteiger partial charge in [-0.1, -0.05) is 0 Å². The fraction of sp³-hybridized carbons (Fsp3) is 0.875. The lowest BCUT2D eigenvalue weighted by atomic mass is 9.91. The second-order valence-electron chi connectivity index (χ2n) is 3.33. The van der Waals surface area contributed by atoms with Crippen molar-refractivity contribution >= 4 is 17.7 Å². The highest BCUT2D eigenvalue weighted by molar-refractivity contribution is 7.99. The van der Waals surface area contributed by atoms with Crippen LogP contribution in [0.2, 0.25) is 0 Å². The highest BCUT2D eigenvalue weighted by Gasteiger charge is 2.32. The van der Waals surface area contributed by atoms with Crippen molar-refractivity contribution in [3.05, 3.63) is 0 Å². The fourth-order valence-corrected chi connectivity index (χ4v) is 2.89. The molecule has 1 aliphatic rings. The van der Waals surface area contributed by atoms with Gasteiger partial charge in [-0.2, -0.15) is 11.8 Å². The topological polar surface area (TPSA) is 55.1 Å². The van der Waals surface area contributed by atoms with Gasteiger partial charge in [0.1, 0.15) is 0 Å². The molecule has 1 saturated heterocycles. The molecule has 0 saturated carbocycles. The molecule has 3 N–H and O–H groups in total. The van der Waals surface area contributed by atoms with Crippen molar-refractivity contribution in [2.75, 3.05) is 18.6 Å². The number of carbonyl (C=O) groups is 1. The molecule has 1 rings (SSSR count). The molecule has 4 heteroatoms. The first-order valence-corrected chi connectivity index (χ1v) is 5.39. The average molecular weight is 188 g/mol. The first-order valence-electron chi connectivity index (χ1n) is 4.23. The van der Waals surface area contributed by atoms with Crippen molar-refractivity contribution in [1.82, 2.24) is 5.32 Å². The van der Waals surface area contributed by atoms with Gasteiger partial charge in [-0.15, -0.1) is 0 Å². The molecule has 1 amide bonds. The van der Waals surface area contributed by atoms with Gasteiger partial charge in [0.25, 0.3) is 0 Å². The summed E-state index contributed by atoms with van der Waals surface area (Å²) in [4.78, 5) is 10.8. The molecule has 1 fully saturated rings. The van der Waals surface area contributed by atoms with Crippen LogP contribution in [0.3, 0.4) is 0 Å². The SMILES string of the molecule is CNC1(CC(N)=O)CCCSC1. The molecule has 0 aromatic heterocycles. The molecule has 3 nitrogen and oxygen atoms in total. The number of rotatable bonds is 3. The van der Waals surface area contributed by atoms with Crippen LogP contribution in [0.25, 0.3) is 0 Å². The predicted octanol–water partition coefficient (Wildman–Crippen LogP) is 0.347. The van der Waals surface area contributed by atoms with E-state index in [-0.39, 0.29) is 11.4 Å². The Bertz CT molecular complexity index is 166. The molecule has 0 radical (unpaired) electrons. The summed E-state index contributed by atoms with van der Waals surface area (Å²) in [5, 5.41) is 3.23. The summed E-state index contributed by atoms with van der Waals surface area (Å²) in [5.74, 6) is 2.01. The van der Waals surface area contributed by atoms with E-state index in [1.54, 1.807) is 0 Å². The molecule has 0 bridgehead atoms. The Hall–Kier alpha value is -0.220. The summed E-state index contributed by atoms with van der Waals surface area (Å²) in [6.07, 6.45) is 2.72. The Labute approximate surface area is 77.5 Å². The largest absolute Gasteiger partial charge is 0.370 e. The van der Waals surface area contributed by atoms with Crippen molar-refractivity contribution in [2.24, 2.45) is 5.73 Å². The molecule has 70 valence electrons. The third kappa shape index (κ3) is 2.38. The number of nitrogens with two attached hydrogens (primary N) is 1. The number of hydrogen-bond acceptors (Lipinski definition) is 3. The van der Waals surface area contributed by atoms with E-state index >= 15 is 0 Å². The van der Waals surface area contributed by atoms with E-state index in [1.807, 2.05) is 18.8 Å². The summed E-state index contributed by atoms with van der Waals surface area (Å²) >= 11 is 1.90. The fourth-order valence-electron chi connectivity index (χ4n) is 1.61. The smallest absolute Gasteiger partial charge is 0.219 e. The Morgan fingerprint density at radius 1 is 1.75 bits per heavy atom. The zero-order chi connectivity index (χ0) is 9.03. The van der Waals surface area contributed by atoms with Gasteiger partial charge in [-0.05, 0) is 25.6 Å². The summed E-state index contributed by atoms with van der Waals surface area (Å²) in [6.45, 7) is 0. The maximum atomic E-state index is 10.8. The van der Waals surface area contributed by atoms with Crippen LogP contribution in [-0.4, -0.2) is 30.0 Å². The van der Waals surface area contributed by atoms with Crippen molar-refractivity contribution in [1.29, 1.82) is 0 Å². The molecule has 0 aliphatic carbocycles. The monoisotopic (exact) mass is 188 g/mol. The minimum Gasteiger partial charge on any atom is -0.370 e. The van der Waals surface area contributed by atoms with Gasteiger partial charge in [-0.25, -0.2) is 0 Å². The van der Waals surface area contributed by atoms with Crippen molar-refractivity contribution in [3.8, 4) is 0 Å². The summed E-state index contributed by atoms with van der Waals surface area (Å²) in [7, 11) is 1.91. The second kappa shape index (κ2) is 4.14. The average Bonchev–Trinajstić information content (AvgIpc) is 2.05. The Morgan fingerprint density at radius 2 is 2.50 bits per heavy atom. The number of carbonyl (C=O) groups excluding carboxylic acids is 1. The first kappa shape index (κ1) is 9.86. The predicted molar refractivity (Wildman–Crippen MR) is 52.2 cm³/mol. The van der Waals surface area contributed by atoms with E-state index < -0.39 is 0 Å². The van der Waals surface area contributed by atoms with Gasteiger partial charge >= 0.3 is 0 Å². The van der Waals surface area contributed by atoms with Crippen LogP contribution in [0, 0.1) is 0 Å². The maximum Gasteiger partial charge on any atom is 0.219 e. The summed E-state index contributed by atoms with van der Waals surface area (Å²) in [6, 6.07) is 0. The molecule has 1 unspecified atom stereocenters. The molecular weight excluding hydrogens is 172 g/mol. The summed E-state index contributed by atoms with van der Waals surface area (Å²) < 4.78 is 0. The molecule has 0 aromatic rings. The number of primary amides is 1. The van der Waals surface area contributed by atoms with Crippen molar-refractivity contribution in [3.63, 3.8) is 0 Å². The van der Waals surface area contributed by atoms with E-state index in [1.165, 1.54) is 12.2 Å². The molecule has 12 heavy (non-hydrogen) atoms. The van der Waals surface area contributed by atoms with Crippen LogP contribution in [0.4, 0.5) is 0 Å². The molecular formula is C8H16N2OS. The van der Waals surface area contributed by atoms with Crippen molar-refractivity contribution in [2.45, 2.75) is 24.8 Å². The lowest BCUT2D eigenvalue weighted by Gasteiger charge is -2.35. The van der Waals surface area contributed by atoms with Crippen LogP contribution >= 0.6 is 11.8 Å². The van der Waals surface area contributed by atoms with Crippen LogP contribution in [-0.2, 0) is 4.79 Å². The van der Waals surface area contributed by atoms with E-state index in [2.05, 4.69) is 5.32 Å². The highest BCUT2D eigenvalue weighted by atomic mass is 32.2. The van der Waals surface area contributed by atoms with Crippen LogP contribution in [0.1, 0.15) is 19.3 Å². The number of nitrogens with one attached hydrogen (secondary N) is 1. The third-order valence-electron chi connectivity index (χ3n) is 2.37. The van der Waals surface area contributed by atoms with Gasteiger partial charge in [0.2, 0.25) is 5.91 Å². The number of thioether (sulfide) groups is 1. The third-order valence-corrected chi connectivity index (χ3v) is 3.70. The molecule has 1 heterocycles. The van der Waals surface area contributed by atoms with Gasteiger partial charge in [-0.3, -0.25) is 4.79 Å². The zero-order valence-corrected chi connectivity index (χ0v) is 8.25.